The van der Waals surface area contributed by atoms with Gasteiger partial charge >= 0.3 is 0 Å². The Kier molecular flexibility index (Phi) is 4.22. The predicted octanol–water partition coefficient (Wildman–Crippen LogP) is 5.34. The molecule has 0 radical (unpaired) electrons. The van der Waals surface area contributed by atoms with Gasteiger partial charge in [-0.15, -0.1) is 0 Å². The van der Waals surface area contributed by atoms with Gasteiger partial charge in [-0.3, -0.25) is 4.79 Å². The zero-order valence-corrected chi connectivity index (χ0v) is 16.3. The molecule has 4 nitrogen and oxygen atoms in total. The molecule has 0 spiro atoms. The molecule has 4 atom stereocenters. The summed E-state index contributed by atoms with van der Waals surface area (Å²) in [6.45, 7) is 2.04. The summed E-state index contributed by atoms with van der Waals surface area (Å²) >= 11 is 5.94. The molecule has 2 aromatic rings. The van der Waals surface area contributed by atoms with Crippen molar-refractivity contribution in [2.24, 2.45) is 11.8 Å². The molecule has 2 aliphatic heterocycles. The fourth-order valence-electron chi connectivity index (χ4n) is 4.89. The number of Topliss-reactive ketones (excluding diaryl/α,β-unsaturated/α-hetero) is 1. The largest absolute Gasteiger partial charge is 0.511 e. The number of aryl methyl sites for hydroxylation is 1. The van der Waals surface area contributed by atoms with Gasteiger partial charge in [0, 0.05) is 5.02 Å². The molecule has 0 aromatic heterocycles. The number of halogens is 1. The van der Waals surface area contributed by atoms with Gasteiger partial charge in [-0.1, -0.05) is 24.6 Å². The van der Waals surface area contributed by atoms with Crippen molar-refractivity contribution >= 4 is 23.0 Å². The monoisotopic (exact) mass is 396 g/mol. The van der Waals surface area contributed by atoms with E-state index in [4.69, 9.17) is 21.1 Å². The minimum atomic E-state index is -0.237. The number of fused-ring (bicyclic) bond motifs is 5. The van der Waals surface area contributed by atoms with Crippen LogP contribution in [-0.2, 0) is 16.0 Å². The first-order valence-corrected chi connectivity index (χ1v) is 10.1. The fourth-order valence-corrected chi connectivity index (χ4v) is 5.01. The summed E-state index contributed by atoms with van der Waals surface area (Å²) in [7, 11) is 0. The number of allylic oxidation sites excluding steroid dienone is 1. The standard InChI is InChI=1S/C23H21ClO4/c1-2-12-3-6-15(27-14-7-4-13(24)5-8-14)11-16(12)19-22(25)20-17-9-10-18(28-17)21(20)23(19)26/h3-8,11,17-18,20-21,25H,2,9-10H2,1H3/t17?,18?,20-,21+/m0/s1. The maximum Gasteiger partial charge on any atom is 0.173 e. The van der Waals surface area contributed by atoms with Crippen molar-refractivity contribution in [1.82, 2.24) is 0 Å². The second-order valence-electron chi connectivity index (χ2n) is 7.69. The third-order valence-corrected chi connectivity index (χ3v) is 6.43. The summed E-state index contributed by atoms with van der Waals surface area (Å²) in [4.78, 5) is 13.2. The number of carbonyl (C=O) groups is 1. The van der Waals surface area contributed by atoms with Crippen molar-refractivity contribution in [3.63, 3.8) is 0 Å². The Bertz CT molecular complexity index is 979. The zero-order chi connectivity index (χ0) is 19.4. The lowest BCUT2D eigenvalue weighted by Crippen LogP contribution is -2.29. The number of ketones is 1. The summed E-state index contributed by atoms with van der Waals surface area (Å²) in [5.41, 5.74) is 2.24. The first kappa shape index (κ1) is 17.8. The number of aliphatic hydroxyl groups excluding tert-OH is 1. The lowest BCUT2D eigenvalue weighted by molar-refractivity contribution is -0.118. The Balaban J connectivity index is 1.53. The van der Waals surface area contributed by atoms with Crippen LogP contribution < -0.4 is 4.74 Å². The van der Waals surface area contributed by atoms with E-state index in [1.54, 1.807) is 24.3 Å². The van der Waals surface area contributed by atoms with Gasteiger partial charge in [0.05, 0.1) is 29.6 Å². The van der Waals surface area contributed by atoms with E-state index in [9.17, 15) is 9.90 Å². The van der Waals surface area contributed by atoms with Gasteiger partial charge in [-0.05, 0) is 66.8 Å². The van der Waals surface area contributed by atoms with E-state index in [-0.39, 0.29) is 35.6 Å². The van der Waals surface area contributed by atoms with Crippen molar-refractivity contribution in [3.8, 4) is 11.5 Å². The lowest BCUT2D eigenvalue weighted by Gasteiger charge is -2.19. The quantitative estimate of drug-likeness (QED) is 0.757. The van der Waals surface area contributed by atoms with Crippen molar-refractivity contribution in [2.45, 2.75) is 38.4 Å². The Morgan fingerprint density at radius 1 is 1.07 bits per heavy atom. The molecule has 5 rings (SSSR count). The third kappa shape index (κ3) is 2.66. The zero-order valence-electron chi connectivity index (χ0n) is 15.5. The Morgan fingerprint density at radius 2 is 1.75 bits per heavy atom. The molecular formula is C23H21ClO4. The van der Waals surface area contributed by atoms with Crippen LogP contribution in [0.15, 0.2) is 48.2 Å². The molecule has 0 amide bonds. The second-order valence-corrected chi connectivity index (χ2v) is 8.13. The van der Waals surface area contributed by atoms with Gasteiger partial charge in [0.2, 0.25) is 0 Å². The van der Waals surface area contributed by atoms with Gasteiger partial charge < -0.3 is 14.6 Å². The van der Waals surface area contributed by atoms with E-state index >= 15 is 0 Å². The molecule has 144 valence electrons. The van der Waals surface area contributed by atoms with Crippen LogP contribution in [0.3, 0.4) is 0 Å². The molecule has 2 aromatic carbocycles. The highest BCUT2D eigenvalue weighted by molar-refractivity contribution is 6.30. The number of aliphatic hydroxyl groups is 1. The van der Waals surface area contributed by atoms with Crippen LogP contribution in [-0.4, -0.2) is 23.1 Å². The Labute approximate surface area is 168 Å². The number of hydrogen-bond donors (Lipinski definition) is 1. The molecule has 2 heterocycles. The number of carbonyl (C=O) groups excluding carboxylic acids is 1. The van der Waals surface area contributed by atoms with E-state index < -0.39 is 0 Å². The number of benzene rings is 2. The van der Waals surface area contributed by atoms with Gasteiger partial charge in [-0.25, -0.2) is 0 Å². The Morgan fingerprint density at radius 3 is 2.43 bits per heavy atom. The van der Waals surface area contributed by atoms with Crippen molar-refractivity contribution < 1.29 is 19.4 Å². The van der Waals surface area contributed by atoms with E-state index in [2.05, 4.69) is 0 Å². The van der Waals surface area contributed by atoms with Crippen molar-refractivity contribution in [2.75, 3.05) is 0 Å². The maximum absolute atomic E-state index is 13.2. The lowest BCUT2D eigenvalue weighted by atomic mass is 9.80. The molecule has 1 aliphatic carbocycles. The molecule has 28 heavy (non-hydrogen) atoms. The van der Waals surface area contributed by atoms with Crippen LogP contribution in [0.2, 0.25) is 5.02 Å². The smallest absolute Gasteiger partial charge is 0.173 e. The van der Waals surface area contributed by atoms with Crippen molar-refractivity contribution in [1.29, 1.82) is 0 Å². The van der Waals surface area contributed by atoms with E-state index in [0.29, 0.717) is 22.1 Å². The summed E-state index contributed by atoms with van der Waals surface area (Å²) in [6.07, 6.45) is 2.49. The molecule has 2 saturated heterocycles. The normalized spacial score (nSPS) is 28.1. The average Bonchev–Trinajstić information content (AvgIpc) is 3.37. The first-order chi connectivity index (χ1) is 13.6. The minimum Gasteiger partial charge on any atom is -0.511 e. The molecular weight excluding hydrogens is 376 g/mol. The van der Waals surface area contributed by atoms with Crippen LogP contribution in [0.5, 0.6) is 11.5 Å². The molecule has 5 heteroatoms. The summed E-state index contributed by atoms with van der Waals surface area (Å²) in [5, 5.41) is 11.6. The first-order valence-electron chi connectivity index (χ1n) is 9.76. The molecule has 1 N–H and O–H groups in total. The van der Waals surface area contributed by atoms with Crippen LogP contribution in [0.4, 0.5) is 0 Å². The number of rotatable bonds is 4. The van der Waals surface area contributed by atoms with Crippen LogP contribution in [0.25, 0.3) is 5.57 Å². The van der Waals surface area contributed by atoms with Crippen LogP contribution >= 0.6 is 11.6 Å². The highest BCUT2D eigenvalue weighted by atomic mass is 35.5. The predicted molar refractivity (Wildman–Crippen MR) is 107 cm³/mol. The summed E-state index contributed by atoms with van der Waals surface area (Å²) in [6, 6.07) is 12.9. The van der Waals surface area contributed by atoms with E-state index in [1.165, 1.54) is 0 Å². The molecule has 2 unspecified atom stereocenters. The highest BCUT2D eigenvalue weighted by Crippen LogP contribution is 2.54. The van der Waals surface area contributed by atoms with Gasteiger partial charge in [0.15, 0.2) is 5.78 Å². The maximum atomic E-state index is 13.2. The number of hydrogen-bond acceptors (Lipinski definition) is 4. The van der Waals surface area contributed by atoms with Crippen LogP contribution in [0, 0.1) is 11.8 Å². The molecule has 0 saturated carbocycles. The van der Waals surface area contributed by atoms with Gasteiger partial charge in [0.1, 0.15) is 17.3 Å². The average molecular weight is 397 g/mol. The van der Waals surface area contributed by atoms with Crippen molar-refractivity contribution in [3.05, 3.63) is 64.4 Å². The second kappa shape index (κ2) is 6.64. The highest BCUT2D eigenvalue weighted by Gasteiger charge is 2.59. The fraction of sp³-hybridized carbons (Fsp3) is 0.348. The topological polar surface area (TPSA) is 55.8 Å². The third-order valence-electron chi connectivity index (χ3n) is 6.18. The van der Waals surface area contributed by atoms with Crippen LogP contribution in [0.1, 0.15) is 30.9 Å². The molecule has 2 fully saturated rings. The molecule has 3 aliphatic rings. The van der Waals surface area contributed by atoms with E-state index in [1.807, 2.05) is 25.1 Å². The summed E-state index contributed by atoms with van der Waals surface area (Å²) in [5.74, 6) is 1.07. The molecule has 2 bridgehead atoms. The SMILES string of the molecule is CCc1ccc(Oc2ccc(Cl)cc2)cc1C1=C(O)[C@H]2C3CCC(O3)[C@H]2C1=O. The Hall–Kier alpha value is -2.30. The van der Waals surface area contributed by atoms with Gasteiger partial charge in [0.25, 0.3) is 0 Å². The number of ether oxygens (including phenoxy) is 2. The minimum absolute atomic E-state index is 0.00745. The van der Waals surface area contributed by atoms with E-state index in [0.717, 1.165) is 30.4 Å². The summed E-state index contributed by atoms with van der Waals surface area (Å²) < 4.78 is 11.8. The van der Waals surface area contributed by atoms with Gasteiger partial charge in [-0.2, -0.15) is 0 Å².